The number of methoxy groups -OCH3 is 3. The maximum Gasteiger partial charge on any atom is 0.0393 e. The van der Waals surface area contributed by atoms with E-state index in [2.05, 4.69) is 4.90 Å². The van der Waals surface area contributed by atoms with E-state index in [-0.39, 0.29) is 0 Å². The number of rotatable bonds is 12. The summed E-state index contributed by atoms with van der Waals surface area (Å²) in [4.78, 5) is 2.55. The predicted octanol–water partition coefficient (Wildman–Crippen LogP) is -2.53. The van der Waals surface area contributed by atoms with E-state index in [4.69, 9.17) is 14.2 Å². The second-order valence-corrected chi connectivity index (χ2v) is 9.21. The number of hydrogen-bond acceptors (Lipinski definition) is 4. The molecular weight excluding hydrogens is 290 g/mol. The van der Waals surface area contributed by atoms with Crippen LogP contribution in [0.15, 0.2) is 0 Å². The SMILES string of the molecule is COC([SiH3])CCN(CCC([SiH3])OC)CCC([SiH3])OC. The fourth-order valence-electron chi connectivity index (χ4n) is 1.78. The van der Waals surface area contributed by atoms with E-state index in [1.807, 2.05) is 21.3 Å². The quantitative estimate of drug-likeness (QED) is 0.371. The lowest BCUT2D eigenvalue weighted by atomic mass is 10.3. The van der Waals surface area contributed by atoms with Crippen LogP contribution in [0.25, 0.3) is 0 Å². The third-order valence-electron chi connectivity index (χ3n) is 3.76. The van der Waals surface area contributed by atoms with Gasteiger partial charge in [-0.1, -0.05) is 0 Å². The van der Waals surface area contributed by atoms with Gasteiger partial charge in [0, 0.05) is 88.9 Å². The largest absolute Gasteiger partial charge is 0.386 e. The van der Waals surface area contributed by atoms with Crippen molar-refractivity contribution in [2.75, 3.05) is 41.0 Å². The maximum atomic E-state index is 5.39. The van der Waals surface area contributed by atoms with Crippen LogP contribution in [-0.4, -0.2) is 93.8 Å². The van der Waals surface area contributed by atoms with Gasteiger partial charge in [0.05, 0.1) is 0 Å². The zero-order chi connectivity index (χ0) is 14.7. The molecule has 0 aromatic rings. The minimum atomic E-state index is 0.478. The molecule has 0 spiro atoms. The summed E-state index contributed by atoms with van der Waals surface area (Å²) < 4.78 is 16.2. The predicted molar refractivity (Wildman–Crippen MR) is 92.5 cm³/mol. The van der Waals surface area contributed by atoms with Crippen molar-refractivity contribution in [1.82, 2.24) is 4.90 Å². The van der Waals surface area contributed by atoms with Crippen molar-refractivity contribution in [2.45, 2.75) is 36.4 Å². The van der Waals surface area contributed by atoms with E-state index in [9.17, 15) is 0 Å². The Morgan fingerprint density at radius 1 is 0.684 bits per heavy atom. The lowest BCUT2D eigenvalue weighted by Gasteiger charge is -2.26. The molecule has 0 heterocycles. The monoisotopic (exact) mass is 323 g/mol. The van der Waals surface area contributed by atoms with E-state index in [1.165, 1.54) is 0 Å². The molecule has 19 heavy (non-hydrogen) atoms. The Morgan fingerprint density at radius 2 is 0.947 bits per heavy atom. The fourth-order valence-corrected chi connectivity index (χ4v) is 2.56. The molecule has 7 heteroatoms. The highest BCUT2D eigenvalue weighted by molar-refractivity contribution is 6.11. The molecule has 0 fully saturated rings. The van der Waals surface area contributed by atoms with Crippen LogP contribution < -0.4 is 0 Å². The Labute approximate surface area is 127 Å². The molecule has 0 radical (unpaired) electrons. The Bertz CT molecular complexity index is 179. The van der Waals surface area contributed by atoms with Crippen LogP contribution in [0.2, 0.25) is 0 Å². The summed E-state index contributed by atoms with van der Waals surface area (Å²) >= 11 is 0. The van der Waals surface area contributed by atoms with Gasteiger partial charge >= 0.3 is 0 Å². The normalized spacial score (nSPS) is 17.1. The first kappa shape index (κ1) is 19.5. The lowest BCUT2D eigenvalue weighted by molar-refractivity contribution is 0.110. The van der Waals surface area contributed by atoms with Crippen LogP contribution in [0.3, 0.4) is 0 Å². The van der Waals surface area contributed by atoms with Gasteiger partial charge in [0.25, 0.3) is 0 Å². The van der Waals surface area contributed by atoms with Crippen LogP contribution in [0, 0.1) is 0 Å². The van der Waals surface area contributed by atoms with Gasteiger partial charge in [-0.2, -0.15) is 0 Å². The molecule has 0 N–H and O–H groups in total. The Kier molecular flexibility index (Phi) is 12.6. The van der Waals surface area contributed by atoms with Crippen LogP contribution in [-0.2, 0) is 14.2 Å². The zero-order valence-corrected chi connectivity index (χ0v) is 19.6. The van der Waals surface area contributed by atoms with Crippen LogP contribution in [0.4, 0.5) is 0 Å². The highest BCUT2D eigenvalue weighted by Gasteiger charge is 2.11. The van der Waals surface area contributed by atoms with Crippen molar-refractivity contribution in [3.63, 3.8) is 0 Å². The van der Waals surface area contributed by atoms with Gasteiger partial charge in [0.2, 0.25) is 0 Å². The third kappa shape index (κ3) is 10.9. The van der Waals surface area contributed by atoms with Gasteiger partial charge in [-0.25, -0.2) is 0 Å². The smallest absolute Gasteiger partial charge is 0.0393 e. The molecule has 0 rings (SSSR count). The summed E-state index contributed by atoms with van der Waals surface area (Å²) in [7, 11) is 8.80. The summed E-state index contributed by atoms with van der Waals surface area (Å²) in [6.45, 7) is 3.41. The first-order chi connectivity index (χ1) is 9.03. The average molecular weight is 324 g/mol. The molecule has 0 amide bonds. The first-order valence-corrected chi connectivity index (χ1v) is 10.8. The summed E-state index contributed by atoms with van der Waals surface area (Å²) in [6, 6.07) is 0. The highest BCUT2D eigenvalue weighted by atomic mass is 28.2. The molecule has 0 aliphatic carbocycles. The van der Waals surface area contributed by atoms with E-state index < -0.39 is 0 Å². The second-order valence-electron chi connectivity index (χ2n) is 5.35. The second kappa shape index (κ2) is 12.2. The van der Waals surface area contributed by atoms with Gasteiger partial charge in [0.1, 0.15) is 0 Å². The Hall–Kier alpha value is 0.491. The molecule has 116 valence electrons. The topological polar surface area (TPSA) is 30.9 Å². The molecule has 0 aliphatic heterocycles. The summed E-state index contributed by atoms with van der Waals surface area (Å²) in [5.41, 5.74) is 1.43. The maximum absolute atomic E-state index is 5.39. The number of ether oxygens (including phenoxy) is 3. The van der Waals surface area contributed by atoms with Crippen LogP contribution in [0.5, 0.6) is 0 Å². The van der Waals surface area contributed by atoms with Gasteiger partial charge in [-0.3, -0.25) is 0 Å². The molecule has 0 aliphatic rings. The van der Waals surface area contributed by atoms with Gasteiger partial charge < -0.3 is 19.1 Å². The zero-order valence-electron chi connectivity index (χ0n) is 13.6. The minimum absolute atomic E-state index is 0.478. The summed E-state index contributed by atoms with van der Waals surface area (Å²) in [5, 5.41) is 0. The minimum Gasteiger partial charge on any atom is -0.386 e. The van der Waals surface area contributed by atoms with Gasteiger partial charge in [-0.15, -0.1) is 0 Å². The lowest BCUT2D eigenvalue weighted by Crippen LogP contribution is -2.34. The molecule has 3 atom stereocenters. The molecular formula is C12H33NO3Si3. The molecule has 4 nitrogen and oxygen atoms in total. The van der Waals surface area contributed by atoms with Crippen molar-refractivity contribution < 1.29 is 14.2 Å². The van der Waals surface area contributed by atoms with Crippen LogP contribution >= 0.6 is 0 Å². The summed E-state index contributed by atoms with van der Waals surface area (Å²) in [6.07, 6.45) is 3.46. The van der Waals surface area contributed by atoms with Gasteiger partial charge in [0.15, 0.2) is 0 Å². The number of nitrogens with zero attached hydrogens (tertiary/aromatic N) is 1. The molecule has 0 bridgehead atoms. The van der Waals surface area contributed by atoms with Crippen molar-refractivity contribution in [3.05, 3.63) is 0 Å². The van der Waals surface area contributed by atoms with Crippen molar-refractivity contribution in [3.8, 4) is 0 Å². The molecule has 3 unspecified atom stereocenters. The molecule has 0 saturated heterocycles. The summed E-state index contributed by atoms with van der Waals surface area (Å²) in [5.74, 6) is 0. The first-order valence-electron chi connectivity index (χ1n) is 7.34. The van der Waals surface area contributed by atoms with Crippen molar-refractivity contribution in [1.29, 1.82) is 0 Å². The van der Waals surface area contributed by atoms with Crippen molar-refractivity contribution in [2.24, 2.45) is 0 Å². The number of hydrogen-bond donors (Lipinski definition) is 0. The van der Waals surface area contributed by atoms with Gasteiger partial charge in [-0.05, 0) is 19.3 Å². The average Bonchev–Trinajstić information content (AvgIpc) is 2.44. The molecule has 0 aromatic carbocycles. The van der Waals surface area contributed by atoms with E-state index in [0.29, 0.717) is 17.2 Å². The fraction of sp³-hybridized carbons (Fsp3) is 1.00. The Balaban J connectivity index is 4.06. The standard InChI is InChI=1S/C12H33NO3Si3/c1-14-10(17)4-7-13(8-5-11(18)15-2)9-6-12(19)16-3/h10-12H,4-9H2,1-3,17-19H3. The van der Waals surface area contributed by atoms with E-state index in [0.717, 1.165) is 69.6 Å². The molecule has 0 aromatic heterocycles. The highest BCUT2D eigenvalue weighted by Crippen LogP contribution is 2.04. The van der Waals surface area contributed by atoms with Crippen LogP contribution in [0.1, 0.15) is 19.3 Å². The van der Waals surface area contributed by atoms with E-state index >= 15 is 0 Å². The van der Waals surface area contributed by atoms with E-state index in [1.54, 1.807) is 0 Å². The molecule has 0 saturated carbocycles. The Morgan fingerprint density at radius 3 is 1.16 bits per heavy atom. The van der Waals surface area contributed by atoms with Crippen molar-refractivity contribution >= 4 is 30.7 Å². The third-order valence-corrected chi connectivity index (χ3v) is 6.91.